The Morgan fingerprint density at radius 3 is 2.80 bits per heavy atom. The fourth-order valence-corrected chi connectivity index (χ4v) is 2.37. The largest absolute Gasteiger partial charge is 0.418 e. The molecule has 110 valence electrons. The minimum atomic E-state index is -4.49. The highest BCUT2D eigenvalue weighted by Crippen LogP contribution is 2.37. The van der Waals surface area contributed by atoms with Gasteiger partial charge in [0, 0.05) is 29.7 Å². The molecule has 20 heavy (non-hydrogen) atoms. The van der Waals surface area contributed by atoms with Crippen LogP contribution in [0, 0.1) is 0 Å². The molecule has 1 unspecified atom stereocenters. The number of amides is 1. The number of hydrogen-bond donors (Lipinski definition) is 2. The van der Waals surface area contributed by atoms with Crippen LogP contribution in [-0.2, 0) is 11.0 Å². The fourth-order valence-electron chi connectivity index (χ4n) is 2.19. The van der Waals surface area contributed by atoms with Gasteiger partial charge in [0.05, 0.1) is 5.56 Å². The van der Waals surface area contributed by atoms with Gasteiger partial charge in [0.25, 0.3) is 0 Å². The highest BCUT2D eigenvalue weighted by atomic mass is 35.5. The Balaban J connectivity index is 2.22. The molecule has 2 N–H and O–H groups in total. The number of nitrogens with one attached hydrogen (secondary N) is 2. The van der Waals surface area contributed by atoms with Crippen molar-refractivity contribution in [2.75, 3.05) is 11.9 Å². The summed E-state index contributed by atoms with van der Waals surface area (Å²) in [4.78, 5) is 11.4. The second kappa shape index (κ2) is 5.91. The first kappa shape index (κ1) is 15.0. The summed E-state index contributed by atoms with van der Waals surface area (Å²) in [5, 5.41) is 5.54. The van der Waals surface area contributed by atoms with E-state index >= 15 is 0 Å². The lowest BCUT2D eigenvalue weighted by atomic mass is 10.1. The van der Waals surface area contributed by atoms with E-state index < -0.39 is 11.7 Å². The summed E-state index contributed by atoms with van der Waals surface area (Å²) >= 11 is 5.62. The first-order valence-electron chi connectivity index (χ1n) is 6.26. The zero-order valence-electron chi connectivity index (χ0n) is 10.6. The van der Waals surface area contributed by atoms with Crippen LogP contribution in [-0.4, -0.2) is 18.5 Å². The van der Waals surface area contributed by atoms with Gasteiger partial charge in [-0.15, -0.1) is 0 Å². The van der Waals surface area contributed by atoms with E-state index in [-0.39, 0.29) is 29.1 Å². The molecule has 1 aliphatic rings. The second-order valence-electron chi connectivity index (χ2n) is 4.73. The van der Waals surface area contributed by atoms with Gasteiger partial charge in [0.15, 0.2) is 0 Å². The van der Waals surface area contributed by atoms with Gasteiger partial charge < -0.3 is 10.6 Å². The third kappa shape index (κ3) is 3.79. The average molecular weight is 307 g/mol. The third-order valence-corrected chi connectivity index (χ3v) is 3.37. The van der Waals surface area contributed by atoms with Crippen molar-refractivity contribution >= 4 is 23.2 Å². The molecule has 0 radical (unpaired) electrons. The Morgan fingerprint density at radius 2 is 2.10 bits per heavy atom. The SMILES string of the molecule is O=C1CC(Nc2ccc(Cl)cc2C(F)(F)F)CCCN1. The Morgan fingerprint density at radius 1 is 1.35 bits per heavy atom. The van der Waals surface area contributed by atoms with Crippen molar-refractivity contribution in [3.05, 3.63) is 28.8 Å². The number of rotatable bonds is 2. The molecule has 2 rings (SSSR count). The topological polar surface area (TPSA) is 41.1 Å². The molecule has 1 saturated heterocycles. The van der Waals surface area contributed by atoms with Crippen LogP contribution in [0.4, 0.5) is 18.9 Å². The summed E-state index contributed by atoms with van der Waals surface area (Å²) in [7, 11) is 0. The van der Waals surface area contributed by atoms with Crippen molar-refractivity contribution in [1.82, 2.24) is 5.32 Å². The maximum Gasteiger partial charge on any atom is 0.418 e. The Labute approximate surface area is 119 Å². The van der Waals surface area contributed by atoms with Gasteiger partial charge in [-0.3, -0.25) is 4.79 Å². The summed E-state index contributed by atoms with van der Waals surface area (Å²) < 4.78 is 38.9. The van der Waals surface area contributed by atoms with E-state index in [0.29, 0.717) is 13.0 Å². The van der Waals surface area contributed by atoms with Crippen LogP contribution in [0.25, 0.3) is 0 Å². The van der Waals surface area contributed by atoms with Crippen LogP contribution in [0.1, 0.15) is 24.8 Å². The summed E-state index contributed by atoms with van der Waals surface area (Å²) in [5.41, 5.74) is -0.851. The molecule has 1 aromatic carbocycles. The molecule has 1 aliphatic heterocycles. The van der Waals surface area contributed by atoms with Crippen molar-refractivity contribution in [3.8, 4) is 0 Å². The Hall–Kier alpha value is -1.43. The molecule has 0 spiro atoms. The van der Waals surface area contributed by atoms with Crippen LogP contribution >= 0.6 is 11.6 Å². The molecule has 1 fully saturated rings. The van der Waals surface area contributed by atoms with Crippen molar-refractivity contribution in [2.24, 2.45) is 0 Å². The number of halogens is 4. The van der Waals surface area contributed by atoms with Crippen LogP contribution in [0.15, 0.2) is 18.2 Å². The van der Waals surface area contributed by atoms with Crippen molar-refractivity contribution in [2.45, 2.75) is 31.5 Å². The third-order valence-electron chi connectivity index (χ3n) is 3.13. The van der Waals surface area contributed by atoms with E-state index in [4.69, 9.17) is 11.6 Å². The van der Waals surface area contributed by atoms with Crippen LogP contribution in [0.2, 0.25) is 5.02 Å². The summed E-state index contributed by atoms with van der Waals surface area (Å²) in [6.07, 6.45) is -2.95. The molecular weight excluding hydrogens is 293 g/mol. The molecule has 3 nitrogen and oxygen atoms in total. The lowest BCUT2D eigenvalue weighted by Crippen LogP contribution is -2.27. The van der Waals surface area contributed by atoms with Gasteiger partial charge in [-0.05, 0) is 31.0 Å². The number of hydrogen-bond acceptors (Lipinski definition) is 2. The van der Waals surface area contributed by atoms with E-state index in [9.17, 15) is 18.0 Å². The van der Waals surface area contributed by atoms with Gasteiger partial charge in [0.1, 0.15) is 0 Å². The van der Waals surface area contributed by atoms with E-state index in [1.807, 2.05) is 0 Å². The minimum Gasteiger partial charge on any atom is -0.381 e. The van der Waals surface area contributed by atoms with E-state index in [0.717, 1.165) is 12.5 Å². The van der Waals surface area contributed by atoms with Gasteiger partial charge in [-0.2, -0.15) is 13.2 Å². The van der Waals surface area contributed by atoms with Crippen molar-refractivity contribution in [1.29, 1.82) is 0 Å². The predicted octanol–water partition coefficient (Wildman–Crippen LogP) is 3.44. The zero-order chi connectivity index (χ0) is 14.8. The first-order chi connectivity index (χ1) is 9.36. The first-order valence-corrected chi connectivity index (χ1v) is 6.64. The van der Waals surface area contributed by atoms with E-state index in [2.05, 4.69) is 10.6 Å². The van der Waals surface area contributed by atoms with Crippen molar-refractivity contribution < 1.29 is 18.0 Å². The van der Waals surface area contributed by atoms with Crippen LogP contribution in [0.5, 0.6) is 0 Å². The quantitative estimate of drug-likeness (QED) is 0.879. The van der Waals surface area contributed by atoms with Crippen LogP contribution in [0.3, 0.4) is 0 Å². The number of alkyl halides is 3. The van der Waals surface area contributed by atoms with Gasteiger partial charge in [-0.1, -0.05) is 11.6 Å². The number of anilines is 1. The zero-order valence-corrected chi connectivity index (χ0v) is 11.3. The van der Waals surface area contributed by atoms with E-state index in [1.54, 1.807) is 0 Å². The van der Waals surface area contributed by atoms with Gasteiger partial charge in [-0.25, -0.2) is 0 Å². The fraction of sp³-hybridized carbons (Fsp3) is 0.462. The Kier molecular flexibility index (Phi) is 4.42. The molecule has 7 heteroatoms. The van der Waals surface area contributed by atoms with Crippen molar-refractivity contribution in [3.63, 3.8) is 0 Å². The second-order valence-corrected chi connectivity index (χ2v) is 5.16. The molecular formula is C13H14ClF3N2O. The lowest BCUT2D eigenvalue weighted by Gasteiger charge is -2.20. The average Bonchev–Trinajstić information content (AvgIpc) is 2.54. The summed E-state index contributed by atoms with van der Waals surface area (Å²) in [6, 6.07) is 3.28. The predicted molar refractivity (Wildman–Crippen MR) is 70.7 cm³/mol. The molecule has 1 atom stereocenters. The van der Waals surface area contributed by atoms with Gasteiger partial charge >= 0.3 is 6.18 Å². The monoisotopic (exact) mass is 306 g/mol. The maximum absolute atomic E-state index is 13.0. The summed E-state index contributed by atoms with van der Waals surface area (Å²) in [6.45, 7) is 0.559. The number of carbonyl (C=O) groups is 1. The number of carbonyl (C=O) groups excluding carboxylic acids is 1. The van der Waals surface area contributed by atoms with Crippen LogP contribution < -0.4 is 10.6 Å². The lowest BCUT2D eigenvalue weighted by molar-refractivity contribution is -0.137. The highest BCUT2D eigenvalue weighted by Gasteiger charge is 2.34. The smallest absolute Gasteiger partial charge is 0.381 e. The summed E-state index contributed by atoms with van der Waals surface area (Å²) in [5.74, 6) is -0.150. The molecule has 0 bridgehead atoms. The Bertz CT molecular complexity index is 505. The molecule has 1 aromatic rings. The minimum absolute atomic E-state index is 0.0292. The standard InChI is InChI=1S/C13H14ClF3N2O/c14-8-3-4-11(10(6-8)13(15,16)17)19-9-2-1-5-18-12(20)7-9/h3-4,6,9,19H,1-2,5,7H2,(H,18,20). The number of benzene rings is 1. The molecule has 1 heterocycles. The highest BCUT2D eigenvalue weighted by molar-refractivity contribution is 6.30. The molecule has 1 amide bonds. The molecule has 0 aromatic heterocycles. The maximum atomic E-state index is 13.0. The van der Waals surface area contributed by atoms with Gasteiger partial charge in [0.2, 0.25) is 5.91 Å². The molecule has 0 saturated carbocycles. The normalized spacial score (nSPS) is 20.2. The molecule has 0 aliphatic carbocycles. The van der Waals surface area contributed by atoms with E-state index in [1.165, 1.54) is 12.1 Å².